The zero-order valence-electron chi connectivity index (χ0n) is 16.7. The summed E-state index contributed by atoms with van der Waals surface area (Å²) in [5.41, 5.74) is 1.66. The molecule has 1 N–H and O–H groups in total. The van der Waals surface area contributed by atoms with E-state index in [-0.39, 0.29) is 12.6 Å². The molecular weight excluding hydrogens is 360 g/mol. The summed E-state index contributed by atoms with van der Waals surface area (Å²) in [6.07, 6.45) is 3.45. The van der Waals surface area contributed by atoms with E-state index < -0.39 is 5.41 Å². The molecule has 29 heavy (non-hydrogen) atoms. The van der Waals surface area contributed by atoms with Crippen LogP contribution >= 0.6 is 0 Å². The van der Waals surface area contributed by atoms with Gasteiger partial charge in [0.2, 0.25) is 0 Å². The lowest BCUT2D eigenvalue weighted by atomic mass is 9.69. The summed E-state index contributed by atoms with van der Waals surface area (Å²) in [6, 6.07) is 29.5. The van der Waals surface area contributed by atoms with Crippen LogP contribution in [0.25, 0.3) is 0 Å². The van der Waals surface area contributed by atoms with Crippen LogP contribution in [0.4, 0.5) is 0 Å². The van der Waals surface area contributed by atoms with Gasteiger partial charge in [-0.05, 0) is 36.0 Å². The van der Waals surface area contributed by atoms with Crippen molar-refractivity contribution in [3.05, 3.63) is 108 Å². The highest BCUT2D eigenvalue weighted by molar-refractivity contribution is 5.92. The van der Waals surface area contributed by atoms with Gasteiger partial charge in [-0.25, -0.2) is 0 Å². The fourth-order valence-corrected chi connectivity index (χ4v) is 3.76. The molecule has 0 fully saturated rings. The Morgan fingerprint density at radius 3 is 1.48 bits per heavy atom. The van der Waals surface area contributed by atoms with Gasteiger partial charge in [0.1, 0.15) is 5.41 Å². The van der Waals surface area contributed by atoms with Crippen LogP contribution < -0.4 is 0 Å². The van der Waals surface area contributed by atoms with E-state index in [4.69, 9.17) is 9.84 Å². The molecule has 0 heterocycles. The number of benzene rings is 3. The second-order valence-corrected chi connectivity index (χ2v) is 7.12. The lowest BCUT2D eigenvalue weighted by Gasteiger charge is -2.33. The molecule has 0 bridgehead atoms. The van der Waals surface area contributed by atoms with Gasteiger partial charge in [0, 0.05) is 6.61 Å². The van der Waals surface area contributed by atoms with Crippen molar-refractivity contribution in [2.75, 3.05) is 13.2 Å². The van der Waals surface area contributed by atoms with E-state index in [0.29, 0.717) is 6.61 Å². The Kier molecular flexibility index (Phi) is 7.60. The van der Waals surface area contributed by atoms with E-state index in [9.17, 15) is 4.79 Å². The van der Waals surface area contributed by atoms with E-state index in [1.807, 2.05) is 91.0 Å². The van der Waals surface area contributed by atoms with E-state index in [0.717, 1.165) is 42.4 Å². The first-order chi connectivity index (χ1) is 14.3. The number of ether oxygens (including phenoxy) is 1. The second-order valence-electron chi connectivity index (χ2n) is 7.12. The first kappa shape index (κ1) is 20.8. The van der Waals surface area contributed by atoms with Crippen LogP contribution in [-0.2, 0) is 14.9 Å². The highest BCUT2D eigenvalue weighted by Crippen LogP contribution is 2.40. The minimum Gasteiger partial charge on any atom is -0.465 e. The van der Waals surface area contributed by atoms with Crippen molar-refractivity contribution in [2.45, 2.75) is 31.1 Å². The normalized spacial score (nSPS) is 11.2. The van der Waals surface area contributed by atoms with Gasteiger partial charge in [-0.3, -0.25) is 4.79 Å². The quantitative estimate of drug-likeness (QED) is 0.298. The summed E-state index contributed by atoms with van der Waals surface area (Å²) >= 11 is 0. The zero-order valence-corrected chi connectivity index (χ0v) is 16.7. The molecule has 0 aliphatic heterocycles. The van der Waals surface area contributed by atoms with Crippen molar-refractivity contribution in [1.29, 1.82) is 0 Å². The number of hydrogen-bond acceptors (Lipinski definition) is 3. The summed E-state index contributed by atoms with van der Waals surface area (Å²) in [4.78, 5) is 13.7. The second kappa shape index (κ2) is 10.6. The third-order valence-corrected chi connectivity index (χ3v) is 5.21. The molecule has 3 rings (SSSR count). The molecule has 0 unspecified atom stereocenters. The number of unbranched alkanes of at least 4 members (excludes halogenated alkanes) is 3. The third kappa shape index (κ3) is 4.75. The standard InChI is InChI=1S/C26H28O3/c27-20-12-1-2-13-21-29-25(28)26(22-14-6-3-7-15-22,23-16-8-4-9-17-23)24-18-10-5-11-19-24/h3-11,14-19,27H,1-2,12-13,20-21H2. The maximum Gasteiger partial charge on any atom is 0.325 e. The first-order valence-electron chi connectivity index (χ1n) is 10.2. The minimum absolute atomic E-state index is 0.207. The maximum absolute atomic E-state index is 13.7. The number of rotatable bonds is 10. The van der Waals surface area contributed by atoms with Gasteiger partial charge in [-0.15, -0.1) is 0 Å². The number of esters is 1. The van der Waals surface area contributed by atoms with Gasteiger partial charge >= 0.3 is 5.97 Å². The fourth-order valence-electron chi connectivity index (χ4n) is 3.76. The molecular formula is C26H28O3. The van der Waals surface area contributed by atoms with Crippen LogP contribution in [0.15, 0.2) is 91.0 Å². The van der Waals surface area contributed by atoms with Crippen LogP contribution in [0.3, 0.4) is 0 Å². The molecule has 0 radical (unpaired) electrons. The summed E-state index contributed by atoms with van der Waals surface area (Å²) in [6.45, 7) is 0.581. The molecule has 0 amide bonds. The van der Waals surface area contributed by atoms with Crippen LogP contribution in [-0.4, -0.2) is 24.3 Å². The lowest BCUT2D eigenvalue weighted by Crippen LogP contribution is -2.40. The molecule has 0 saturated heterocycles. The van der Waals surface area contributed by atoms with Crippen LogP contribution in [0.5, 0.6) is 0 Å². The van der Waals surface area contributed by atoms with Crippen molar-refractivity contribution in [1.82, 2.24) is 0 Å². The number of aliphatic hydroxyl groups is 1. The van der Waals surface area contributed by atoms with Gasteiger partial charge in [-0.1, -0.05) is 97.4 Å². The summed E-state index contributed by atoms with van der Waals surface area (Å²) < 4.78 is 5.85. The molecule has 150 valence electrons. The summed E-state index contributed by atoms with van der Waals surface area (Å²) in [5, 5.41) is 8.91. The Bertz CT molecular complexity index is 764. The number of aliphatic hydroxyl groups excluding tert-OH is 1. The van der Waals surface area contributed by atoms with E-state index in [1.54, 1.807) is 0 Å². The minimum atomic E-state index is -1.02. The Hall–Kier alpha value is -2.91. The zero-order chi connectivity index (χ0) is 20.4. The topological polar surface area (TPSA) is 46.5 Å². The third-order valence-electron chi connectivity index (χ3n) is 5.21. The maximum atomic E-state index is 13.7. The van der Waals surface area contributed by atoms with Gasteiger partial charge in [0.05, 0.1) is 6.61 Å². The highest BCUT2D eigenvalue weighted by Gasteiger charge is 2.45. The average molecular weight is 389 g/mol. The molecule has 3 aromatic rings. The van der Waals surface area contributed by atoms with Crippen LogP contribution in [0, 0.1) is 0 Å². The van der Waals surface area contributed by atoms with Gasteiger partial charge in [0.25, 0.3) is 0 Å². The Labute approximate surface area is 173 Å². The number of carbonyl (C=O) groups is 1. The fraction of sp³-hybridized carbons (Fsp3) is 0.269. The Morgan fingerprint density at radius 1 is 0.655 bits per heavy atom. The molecule has 3 nitrogen and oxygen atoms in total. The van der Waals surface area contributed by atoms with Gasteiger partial charge in [0.15, 0.2) is 0 Å². The molecule has 0 aliphatic carbocycles. The molecule has 0 saturated carbocycles. The summed E-state index contributed by atoms with van der Waals surface area (Å²) in [5.74, 6) is -0.261. The smallest absolute Gasteiger partial charge is 0.325 e. The molecule has 3 heteroatoms. The van der Waals surface area contributed by atoms with Crippen LogP contribution in [0.1, 0.15) is 42.4 Å². The number of carbonyl (C=O) groups excluding carboxylic acids is 1. The molecule has 0 spiro atoms. The lowest BCUT2D eigenvalue weighted by molar-refractivity contribution is -0.147. The molecule has 3 aromatic carbocycles. The SMILES string of the molecule is O=C(OCCCCCCO)C(c1ccccc1)(c1ccccc1)c1ccccc1. The Morgan fingerprint density at radius 2 is 1.07 bits per heavy atom. The van der Waals surface area contributed by atoms with Crippen molar-refractivity contribution in [3.8, 4) is 0 Å². The first-order valence-corrected chi connectivity index (χ1v) is 10.2. The predicted molar refractivity (Wildman–Crippen MR) is 116 cm³/mol. The predicted octanol–water partition coefficient (Wildman–Crippen LogP) is 5.12. The van der Waals surface area contributed by atoms with Crippen molar-refractivity contribution in [2.24, 2.45) is 0 Å². The largest absolute Gasteiger partial charge is 0.465 e. The van der Waals surface area contributed by atoms with Gasteiger partial charge in [-0.2, -0.15) is 0 Å². The van der Waals surface area contributed by atoms with Crippen molar-refractivity contribution in [3.63, 3.8) is 0 Å². The molecule has 0 aromatic heterocycles. The van der Waals surface area contributed by atoms with E-state index in [1.165, 1.54) is 0 Å². The van der Waals surface area contributed by atoms with Crippen molar-refractivity contribution >= 4 is 5.97 Å². The van der Waals surface area contributed by atoms with Crippen LogP contribution in [0.2, 0.25) is 0 Å². The molecule has 0 aliphatic rings. The monoisotopic (exact) mass is 388 g/mol. The van der Waals surface area contributed by atoms with Gasteiger partial charge < -0.3 is 9.84 Å². The molecule has 0 atom stereocenters. The highest BCUT2D eigenvalue weighted by atomic mass is 16.5. The average Bonchev–Trinajstić information content (AvgIpc) is 2.79. The van der Waals surface area contributed by atoms with E-state index in [2.05, 4.69) is 0 Å². The van der Waals surface area contributed by atoms with E-state index >= 15 is 0 Å². The van der Waals surface area contributed by atoms with Crippen molar-refractivity contribution < 1.29 is 14.6 Å². The Balaban J connectivity index is 2.00. The number of hydrogen-bond donors (Lipinski definition) is 1. The summed E-state index contributed by atoms with van der Waals surface area (Å²) in [7, 11) is 0.